The fourth-order valence-electron chi connectivity index (χ4n) is 2.34. The van der Waals surface area contributed by atoms with E-state index in [2.05, 4.69) is 0 Å². The molecule has 0 radical (unpaired) electrons. The van der Waals surface area contributed by atoms with Crippen molar-refractivity contribution in [1.29, 1.82) is 0 Å². The highest BCUT2D eigenvalue weighted by Gasteiger charge is 2.31. The molecule has 20 heavy (non-hydrogen) atoms. The molecule has 2 nitrogen and oxygen atoms in total. The zero-order valence-electron chi connectivity index (χ0n) is 10.7. The molecule has 0 aromatic heterocycles. The van der Waals surface area contributed by atoms with Crippen LogP contribution in [0.5, 0.6) is 0 Å². The predicted octanol–water partition coefficient (Wildman–Crippen LogP) is 4.51. The van der Waals surface area contributed by atoms with E-state index in [9.17, 15) is 23.1 Å². The van der Waals surface area contributed by atoms with E-state index >= 15 is 0 Å². The first kappa shape index (κ1) is 15.2. The number of alkyl halides is 3. The van der Waals surface area contributed by atoms with Crippen LogP contribution in [-0.2, 0) is 11.0 Å². The Bertz CT molecular complexity index is 464. The molecule has 0 aliphatic heterocycles. The highest BCUT2D eigenvalue weighted by molar-refractivity contribution is 8.00. The van der Waals surface area contributed by atoms with E-state index in [4.69, 9.17) is 0 Å². The summed E-state index contributed by atoms with van der Waals surface area (Å²) in [6.07, 6.45) is -0.242. The second kappa shape index (κ2) is 6.08. The maximum atomic E-state index is 12.5. The highest BCUT2D eigenvalue weighted by Crippen LogP contribution is 2.40. The molecule has 1 atom stereocenters. The summed E-state index contributed by atoms with van der Waals surface area (Å²) >= 11 is 1.35. The van der Waals surface area contributed by atoms with Crippen molar-refractivity contribution in [2.45, 2.75) is 42.4 Å². The van der Waals surface area contributed by atoms with Crippen molar-refractivity contribution in [3.05, 3.63) is 35.4 Å². The Morgan fingerprint density at radius 1 is 1.20 bits per heavy atom. The van der Waals surface area contributed by atoms with Crippen LogP contribution >= 0.6 is 11.8 Å². The number of carboxylic acid groups (broad SMARTS) is 1. The summed E-state index contributed by atoms with van der Waals surface area (Å²) in [5.74, 6) is -0.998. The molecule has 1 aromatic rings. The molecule has 1 aliphatic rings. The summed E-state index contributed by atoms with van der Waals surface area (Å²) < 4.78 is 37.5. The van der Waals surface area contributed by atoms with E-state index < -0.39 is 23.0 Å². The fourth-order valence-corrected chi connectivity index (χ4v) is 3.76. The molecule has 1 fully saturated rings. The van der Waals surface area contributed by atoms with Gasteiger partial charge in [-0.3, -0.25) is 4.79 Å². The number of hydrogen-bond donors (Lipinski definition) is 1. The van der Waals surface area contributed by atoms with E-state index in [0.717, 1.165) is 37.8 Å². The molecule has 1 saturated carbocycles. The van der Waals surface area contributed by atoms with Gasteiger partial charge < -0.3 is 5.11 Å². The van der Waals surface area contributed by atoms with Gasteiger partial charge in [0.2, 0.25) is 0 Å². The molecular formula is C14H15F3O2S. The number of halogens is 3. The minimum atomic E-state index is -4.39. The molecule has 0 amide bonds. The maximum absolute atomic E-state index is 12.5. The van der Waals surface area contributed by atoms with Gasteiger partial charge in [-0.25, -0.2) is 0 Å². The first-order valence-electron chi connectivity index (χ1n) is 6.43. The van der Waals surface area contributed by atoms with Gasteiger partial charge in [0, 0.05) is 5.25 Å². The van der Waals surface area contributed by atoms with Crippen LogP contribution in [0.15, 0.2) is 24.3 Å². The van der Waals surface area contributed by atoms with Crippen LogP contribution in [0.4, 0.5) is 13.2 Å². The average Bonchev–Trinajstić information content (AvgIpc) is 2.87. The fraction of sp³-hybridized carbons (Fsp3) is 0.500. The molecule has 0 heterocycles. The van der Waals surface area contributed by atoms with Gasteiger partial charge >= 0.3 is 12.1 Å². The van der Waals surface area contributed by atoms with Crippen LogP contribution in [0.2, 0.25) is 0 Å². The Balaban J connectivity index is 2.14. The molecule has 1 aliphatic carbocycles. The molecule has 1 aromatic carbocycles. The third-order valence-electron chi connectivity index (χ3n) is 3.40. The number of carboxylic acids is 1. The zero-order chi connectivity index (χ0) is 14.8. The van der Waals surface area contributed by atoms with Crippen molar-refractivity contribution in [2.24, 2.45) is 0 Å². The van der Waals surface area contributed by atoms with Crippen LogP contribution in [0.3, 0.4) is 0 Å². The monoisotopic (exact) mass is 304 g/mol. The highest BCUT2D eigenvalue weighted by atomic mass is 32.2. The Morgan fingerprint density at radius 2 is 1.75 bits per heavy atom. The first-order valence-corrected chi connectivity index (χ1v) is 7.37. The van der Waals surface area contributed by atoms with Gasteiger partial charge in [0.05, 0.1) is 5.56 Å². The lowest BCUT2D eigenvalue weighted by molar-refractivity contribution is -0.137. The predicted molar refractivity (Wildman–Crippen MR) is 71.7 cm³/mol. The van der Waals surface area contributed by atoms with Crippen LogP contribution in [0, 0.1) is 0 Å². The van der Waals surface area contributed by atoms with Gasteiger partial charge in [0.15, 0.2) is 0 Å². The van der Waals surface area contributed by atoms with E-state index in [0.29, 0.717) is 10.8 Å². The van der Waals surface area contributed by atoms with Gasteiger partial charge in [-0.15, -0.1) is 11.8 Å². The second-order valence-electron chi connectivity index (χ2n) is 4.88. The molecule has 0 saturated heterocycles. The first-order chi connectivity index (χ1) is 9.38. The zero-order valence-corrected chi connectivity index (χ0v) is 11.5. The Hall–Kier alpha value is -1.17. The van der Waals surface area contributed by atoms with E-state index in [1.807, 2.05) is 0 Å². The SMILES string of the molecule is O=C(O)[C@H](SC1CCCC1)c1ccc(C(F)(F)F)cc1. The molecular weight excluding hydrogens is 289 g/mol. The maximum Gasteiger partial charge on any atom is 0.416 e. The lowest BCUT2D eigenvalue weighted by Gasteiger charge is -2.17. The van der Waals surface area contributed by atoms with Crippen LogP contribution in [0.1, 0.15) is 42.1 Å². The van der Waals surface area contributed by atoms with E-state index in [1.165, 1.54) is 23.9 Å². The minimum Gasteiger partial charge on any atom is -0.480 e. The van der Waals surface area contributed by atoms with Crippen molar-refractivity contribution >= 4 is 17.7 Å². The average molecular weight is 304 g/mol. The normalized spacial score (nSPS) is 18.1. The quantitative estimate of drug-likeness (QED) is 0.889. The third-order valence-corrected chi connectivity index (χ3v) is 5.00. The van der Waals surface area contributed by atoms with Crippen molar-refractivity contribution in [3.8, 4) is 0 Å². The minimum absolute atomic E-state index is 0.290. The van der Waals surface area contributed by atoms with Crippen molar-refractivity contribution < 1.29 is 23.1 Å². The van der Waals surface area contributed by atoms with Gasteiger partial charge in [-0.05, 0) is 30.5 Å². The number of aliphatic carboxylic acids is 1. The summed E-state index contributed by atoms with van der Waals surface area (Å²) in [5.41, 5.74) is -0.335. The van der Waals surface area contributed by atoms with Crippen LogP contribution in [0.25, 0.3) is 0 Å². The summed E-state index contributed by atoms with van der Waals surface area (Å²) in [5, 5.41) is 8.77. The lowest BCUT2D eigenvalue weighted by atomic mass is 10.1. The van der Waals surface area contributed by atoms with Gasteiger partial charge in [0.1, 0.15) is 5.25 Å². The molecule has 0 bridgehead atoms. The Labute approximate surface area is 119 Å². The van der Waals surface area contributed by atoms with Crippen LogP contribution in [-0.4, -0.2) is 16.3 Å². The molecule has 0 spiro atoms. The van der Waals surface area contributed by atoms with Crippen molar-refractivity contribution in [1.82, 2.24) is 0 Å². The topological polar surface area (TPSA) is 37.3 Å². The van der Waals surface area contributed by atoms with E-state index in [1.54, 1.807) is 0 Å². The Morgan fingerprint density at radius 3 is 2.20 bits per heavy atom. The summed E-state index contributed by atoms with van der Waals surface area (Å²) in [7, 11) is 0. The lowest BCUT2D eigenvalue weighted by Crippen LogP contribution is -2.12. The second-order valence-corrected chi connectivity index (χ2v) is 6.29. The molecule has 0 unspecified atom stereocenters. The summed E-state index contributed by atoms with van der Waals surface area (Å²) in [6, 6.07) is 4.42. The number of thioether (sulfide) groups is 1. The number of rotatable bonds is 4. The number of hydrogen-bond acceptors (Lipinski definition) is 2. The van der Waals surface area contributed by atoms with Gasteiger partial charge in [-0.2, -0.15) is 13.2 Å². The molecule has 110 valence electrons. The molecule has 6 heteroatoms. The summed E-state index contributed by atoms with van der Waals surface area (Å²) in [6.45, 7) is 0. The number of carbonyl (C=O) groups is 1. The van der Waals surface area contributed by atoms with Gasteiger partial charge in [0.25, 0.3) is 0 Å². The smallest absolute Gasteiger partial charge is 0.416 e. The number of benzene rings is 1. The van der Waals surface area contributed by atoms with Crippen LogP contribution < -0.4 is 0 Å². The largest absolute Gasteiger partial charge is 0.480 e. The van der Waals surface area contributed by atoms with Crippen molar-refractivity contribution in [3.63, 3.8) is 0 Å². The molecule has 2 rings (SSSR count). The van der Waals surface area contributed by atoms with Crippen molar-refractivity contribution in [2.75, 3.05) is 0 Å². The third kappa shape index (κ3) is 3.69. The Kier molecular flexibility index (Phi) is 4.62. The van der Waals surface area contributed by atoms with Gasteiger partial charge in [-0.1, -0.05) is 25.0 Å². The van der Waals surface area contributed by atoms with E-state index in [-0.39, 0.29) is 0 Å². The standard InChI is InChI=1S/C14H15F3O2S/c15-14(16,17)10-7-5-9(6-8-10)12(13(18)19)20-11-3-1-2-4-11/h5-8,11-12H,1-4H2,(H,18,19)/t12-/m1/s1. The molecule has 1 N–H and O–H groups in total. The summed E-state index contributed by atoms with van der Waals surface area (Å²) in [4.78, 5) is 11.3.